The Balaban J connectivity index is 1.47. The average molecular weight is 375 g/mol. The van der Waals surface area contributed by atoms with E-state index in [0.717, 1.165) is 41.0 Å². The number of thioether (sulfide) groups is 2. The minimum atomic E-state index is 0.0140. The van der Waals surface area contributed by atoms with Gasteiger partial charge in [-0.3, -0.25) is 4.79 Å². The molecule has 25 heavy (non-hydrogen) atoms. The van der Waals surface area contributed by atoms with Crippen LogP contribution in [0.4, 0.5) is 5.82 Å². The van der Waals surface area contributed by atoms with Gasteiger partial charge in [-0.05, 0) is 12.5 Å². The molecule has 0 unspecified atom stereocenters. The summed E-state index contributed by atoms with van der Waals surface area (Å²) in [4.78, 5) is 23.0. The molecule has 0 saturated carbocycles. The lowest BCUT2D eigenvalue weighted by Crippen LogP contribution is -2.33. The molecule has 7 heteroatoms. The minimum Gasteiger partial charge on any atom is -0.355 e. The maximum Gasteiger partial charge on any atom is 0.230 e. The van der Waals surface area contributed by atoms with Gasteiger partial charge in [0.05, 0.1) is 5.75 Å². The molecule has 1 saturated heterocycles. The highest BCUT2D eigenvalue weighted by Crippen LogP contribution is 2.21. The lowest BCUT2D eigenvalue weighted by molar-refractivity contribution is -0.118. The molecule has 1 aromatic heterocycles. The molecule has 132 valence electrons. The third-order valence-electron chi connectivity index (χ3n) is 3.92. The molecular weight excluding hydrogens is 352 g/mol. The molecule has 1 aliphatic heterocycles. The van der Waals surface area contributed by atoms with Crippen LogP contribution in [0, 0.1) is 6.92 Å². The van der Waals surface area contributed by atoms with Gasteiger partial charge in [0.2, 0.25) is 5.91 Å². The first-order valence-corrected chi connectivity index (χ1v) is 10.4. The topological polar surface area (TPSA) is 58.1 Å². The number of amides is 1. The van der Waals surface area contributed by atoms with Crippen molar-refractivity contribution < 1.29 is 4.79 Å². The standard InChI is InChI=1S/C18H22N4OS2/c1-14-2-4-15(5-3-14)11-19-17(23)12-25-18-10-16(20-13-21-18)22-6-8-24-9-7-22/h2-5,10,13H,6-9,11-12H2,1H3,(H,19,23). The molecule has 0 bridgehead atoms. The Kier molecular flexibility index (Phi) is 6.58. The van der Waals surface area contributed by atoms with E-state index in [1.54, 1.807) is 6.33 Å². The Bertz CT molecular complexity index is 702. The summed E-state index contributed by atoms with van der Waals surface area (Å²) in [7, 11) is 0. The second-order valence-electron chi connectivity index (χ2n) is 5.86. The molecule has 1 amide bonds. The van der Waals surface area contributed by atoms with Gasteiger partial charge in [0, 0.05) is 37.2 Å². The van der Waals surface area contributed by atoms with Crippen molar-refractivity contribution in [1.82, 2.24) is 15.3 Å². The van der Waals surface area contributed by atoms with Gasteiger partial charge in [0.15, 0.2) is 0 Å². The number of rotatable bonds is 6. The van der Waals surface area contributed by atoms with E-state index >= 15 is 0 Å². The van der Waals surface area contributed by atoms with E-state index in [4.69, 9.17) is 0 Å². The van der Waals surface area contributed by atoms with Crippen molar-refractivity contribution in [1.29, 1.82) is 0 Å². The van der Waals surface area contributed by atoms with Gasteiger partial charge in [0.25, 0.3) is 0 Å². The Labute approximate surface area is 157 Å². The summed E-state index contributed by atoms with van der Waals surface area (Å²) in [5.41, 5.74) is 2.33. The third kappa shape index (κ3) is 5.64. The van der Waals surface area contributed by atoms with Gasteiger partial charge in [-0.15, -0.1) is 0 Å². The molecule has 0 spiro atoms. The predicted molar refractivity (Wildman–Crippen MR) is 105 cm³/mol. The van der Waals surface area contributed by atoms with E-state index in [0.29, 0.717) is 12.3 Å². The van der Waals surface area contributed by atoms with Crippen molar-refractivity contribution in [2.24, 2.45) is 0 Å². The summed E-state index contributed by atoms with van der Waals surface area (Å²) < 4.78 is 0. The molecule has 0 aliphatic carbocycles. The van der Waals surface area contributed by atoms with Crippen LogP contribution >= 0.6 is 23.5 Å². The number of hydrogen-bond acceptors (Lipinski definition) is 6. The summed E-state index contributed by atoms with van der Waals surface area (Å²) in [5, 5.41) is 3.79. The molecule has 2 heterocycles. The van der Waals surface area contributed by atoms with E-state index in [2.05, 4.69) is 39.2 Å². The van der Waals surface area contributed by atoms with E-state index in [9.17, 15) is 4.79 Å². The van der Waals surface area contributed by atoms with E-state index in [1.807, 2.05) is 30.0 Å². The quantitative estimate of drug-likeness (QED) is 0.620. The number of benzene rings is 1. The molecular formula is C18H22N4OS2. The van der Waals surface area contributed by atoms with Crippen LogP contribution in [0.1, 0.15) is 11.1 Å². The maximum absolute atomic E-state index is 12.1. The Morgan fingerprint density at radius 2 is 2.00 bits per heavy atom. The molecule has 1 fully saturated rings. The van der Waals surface area contributed by atoms with Crippen LogP contribution < -0.4 is 10.2 Å². The lowest BCUT2D eigenvalue weighted by atomic mass is 10.1. The van der Waals surface area contributed by atoms with Gasteiger partial charge in [-0.1, -0.05) is 41.6 Å². The van der Waals surface area contributed by atoms with Gasteiger partial charge < -0.3 is 10.2 Å². The summed E-state index contributed by atoms with van der Waals surface area (Å²) in [6, 6.07) is 10.2. The van der Waals surface area contributed by atoms with Crippen LogP contribution in [-0.4, -0.2) is 46.2 Å². The maximum atomic E-state index is 12.1. The first-order valence-electron chi connectivity index (χ1n) is 8.30. The van der Waals surface area contributed by atoms with Crippen LogP contribution in [0.2, 0.25) is 0 Å². The number of nitrogens with one attached hydrogen (secondary N) is 1. The first-order chi connectivity index (χ1) is 12.2. The third-order valence-corrected chi connectivity index (χ3v) is 5.79. The molecule has 0 radical (unpaired) electrons. The number of hydrogen-bond donors (Lipinski definition) is 1. The molecule has 0 atom stereocenters. The molecule has 2 aromatic rings. The summed E-state index contributed by atoms with van der Waals surface area (Å²) in [6.07, 6.45) is 1.59. The fourth-order valence-electron chi connectivity index (χ4n) is 2.47. The molecule has 1 aliphatic rings. The van der Waals surface area contributed by atoms with Crippen molar-refractivity contribution in [3.8, 4) is 0 Å². The number of aryl methyl sites for hydroxylation is 1. The van der Waals surface area contributed by atoms with Gasteiger partial charge in [-0.2, -0.15) is 11.8 Å². The zero-order chi connectivity index (χ0) is 17.5. The van der Waals surface area contributed by atoms with Crippen LogP contribution in [0.5, 0.6) is 0 Å². The van der Waals surface area contributed by atoms with Crippen molar-refractivity contribution in [3.05, 3.63) is 47.8 Å². The Morgan fingerprint density at radius 1 is 1.24 bits per heavy atom. The summed E-state index contributed by atoms with van der Waals surface area (Å²) in [5.74, 6) is 3.60. The zero-order valence-electron chi connectivity index (χ0n) is 14.3. The average Bonchev–Trinajstić information content (AvgIpc) is 2.67. The highest BCUT2D eigenvalue weighted by atomic mass is 32.2. The second-order valence-corrected chi connectivity index (χ2v) is 8.09. The van der Waals surface area contributed by atoms with Crippen LogP contribution in [0.3, 0.4) is 0 Å². The minimum absolute atomic E-state index is 0.0140. The molecule has 5 nitrogen and oxygen atoms in total. The van der Waals surface area contributed by atoms with Gasteiger partial charge in [0.1, 0.15) is 17.2 Å². The van der Waals surface area contributed by atoms with Gasteiger partial charge >= 0.3 is 0 Å². The fraction of sp³-hybridized carbons (Fsp3) is 0.389. The number of nitrogens with zero attached hydrogens (tertiary/aromatic N) is 3. The fourth-order valence-corrected chi connectivity index (χ4v) is 4.07. The van der Waals surface area contributed by atoms with Crippen LogP contribution in [-0.2, 0) is 11.3 Å². The number of anilines is 1. The Hall–Kier alpha value is -1.73. The van der Waals surface area contributed by atoms with E-state index < -0.39 is 0 Å². The zero-order valence-corrected chi connectivity index (χ0v) is 15.9. The molecule has 1 N–H and O–H groups in total. The van der Waals surface area contributed by atoms with Crippen molar-refractivity contribution >= 4 is 35.2 Å². The Morgan fingerprint density at radius 3 is 2.76 bits per heavy atom. The molecule has 3 rings (SSSR count). The largest absolute Gasteiger partial charge is 0.355 e. The van der Waals surface area contributed by atoms with E-state index in [1.165, 1.54) is 17.3 Å². The first kappa shape index (κ1) is 18.1. The normalized spacial score (nSPS) is 14.4. The van der Waals surface area contributed by atoms with Crippen LogP contribution in [0.25, 0.3) is 0 Å². The van der Waals surface area contributed by atoms with Crippen molar-refractivity contribution in [2.45, 2.75) is 18.5 Å². The second kappa shape index (κ2) is 9.10. The van der Waals surface area contributed by atoms with E-state index in [-0.39, 0.29) is 5.91 Å². The SMILES string of the molecule is Cc1ccc(CNC(=O)CSc2cc(N3CCSCC3)ncn2)cc1. The number of aromatic nitrogens is 2. The van der Waals surface area contributed by atoms with Gasteiger partial charge in [-0.25, -0.2) is 9.97 Å². The molecule has 1 aromatic carbocycles. The number of carbonyl (C=O) groups excluding carboxylic acids is 1. The number of carbonyl (C=O) groups is 1. The predicted octanol–water partition coefficient (Wildman–Crippen LogP) is 2.75. The highest BCUT2D eigenvalue weighted by Gasteiger charge is 2.13. The van der Waals surface area contributed by atoms with Crippen LogP contribution in [0.15, 0.2) is 41.7 Å². The smallest absolute Gasteiger partial charge is 0.230 e. The monoisotopic (exact) mass is 374 g/mol. The lowest BCUT2D eigenvalue weighted by Gasteiger charge is -2.27. The van der Waals surface area contributed by atoms with Crippen molar-refractivity contribution in [3.63, 3.8) is 0 Å². The summed E-state index contributed by atoms with van der Waals surface area (Å²) >= 11 is 3.42. The summed E-state index contributed by atoms with van der Waals surface area (Å²) in [6.45, 7) is 4.64. The van der Waals surface area contributed by atoms with Crippen molar-refractivity contribution in [2.75, 3.05) is 35.2 Å². The highest BCUT2D eigenvalue weighted by molar-refractivity contribution is 8.00.